The zero-order chi connectivity index (χ0) is 18.6. The number of hydrogen-bond donors (Lipinski definition) is 5. The number of carbonyl (C=O) groups is 2. The fourth-order valence-corrected chi connectivity index (χ4v) is 2.56. The van der Waals surface area contributed by atoms with Crippen molar-refractivity contribution in [1.82, 2.24) is 5.32 Å². The summed E-state index contributed by atoms with van der Waals surface area (Å²) in [6.07, 6.45) is -5.08. The van der Waals surface area contributed by atoms with Crippen molar-refractivity contribution in [3.05, 3.63) is 24.3 Å². The Hall–Kier alpha value is -2.20. The summed E-state index contributed by atoms with van der Waals surface area (Å²) in [6.45, 7) is 2.05. The molecular formula is C16H22N2O7. The van der Waals surface area contributed by atoms with Gasteiger partial charge in [0.15, 0.2) is 0 Å². The molecule has 0 aliphatic carbocycles. The van der Waals surface area contributed by atoms with Gasteiger partial charge in [-0.3, -0.25) is 9.59 Å². The molecule has 0 saturated carbocycles. The Labute approximate surface area is 144 Å². The maximum atomic E-state index is 11.4. The minimum atomic E-state index is -1.41. The highest BCUT2D eigenvalue weighted by Crippen LogP contribution is 2.29. The van der Waals surface area contributed by atoms with Gasteiger partial charge in [-0.1, -0.05) is 12.1 Å². The smallest absolute Gasteiger partial charge is 0.223 e. The Balaban J connectivity index is 2.27. The monoisotopic (exact) mass is 354 g/mol. The molecule has 1 aliphatic rings. The Bertz CT molecular complexity index is 624. The number of amides is 2. The summed E-state index contributed by atoms with van der Waals surface area (Å²) in [5.41, 5.74) is 0.376. The van der Waals surface area contributed by atoms with Crippen LogP contribution in [-0.2, 0) is 14.3 Å². The number of hydrogen-bond acceptors (Lipinski definition) is 7. The van der Waals surface area contributed by atoms with Crippen LogP contribution in [0.2, 0.25) is 0 Å². The van der Waals surface area contributed by atoms with Gasteiger partial charge in [0.1, 0.15) is 30.1 Å². The van der Waals surface area contributed by atoms with Gasteiger partial charge in [-0.05, 0) is 12.1 Å². The minimum Gasteiger partial charge on any atom is -0.460 e. The van der Waals surface area contributed by atoms with Crippen LogP contribution in [0.3, 0.4) is 0 Å². The molecule has 0 radical (unpaired) electrons. The second kappa shape index (κ2) is 8.26. The topological polar surface area (TPSA) is 137 Å². The average Bonchev–Trinajstić information content (AvgIpc) is 2.55. The lowest BCUT2D eigenvalue weighted by Crippen LogP contribution is -2.65. The SMILES string of the molecule is CC(=O)Nc1ccccc1O[C@@H]1O[C@H](CO)[C@H](O)[C@H](O)[C@@H]1NC(C)=O. The summed E-state index contributed by atoms with van der Waals surface area (Å²) in [5, 5.41) is 34.6. The molecule has 2 amide bonds. The molecule has 1 fully saturated rings. The first-order valence-corrected chi connectivity index (χ1v) is 7.76. The van der Waals surface area contributed by atoms with Gasteiger partial charge in [0.25, 0.3) is 0 Å². The molecule has 0 bridgehead atoms. The number of benzene rings is 1. The van der Waals surface area contributed by atoms with E-state index in [1.54, 1.807) is 24.3 Å². The predicted octanol–water partition coefficient (Wildman–Crippen LogP) is -1.03. The van der Waals surface area contributed by atoms with E-state index in [4.69, 9.17) is 9.47 Å². The Morgan fingerprint density at radius 2 is 1.84 bits per heavy atom. The molecule has 138 valence electrons. The molecule has 0 unspecified atom stereocenters. The largest absolute Gasteiger partial charge is 0.460 e. The molecule has 1 aliphatic heterocycles. The van der Waals surface area contributed by atoms with E-state index in [0.717, 1.165) is 0 Å². The summed E-state index contributed by atoms with van der Waals surface area (Å²) in [5.74, 6) is -0.507. The van der Waals surface area contributed by atoms with Crippen molar-refractivity contribution < 1.29 is 34.4 Å². The molecule has 1 heterocycles. The van der Waals surface area contributed by atoms with E-state index in [1.807, 2.05) is 0 Å². The summed E-state index contributed by atoms with van der Waals surface area (Å²) >= 11 is 0. The zero-order valence-corrected chi connectivity index (χ0v) is 13.9. The number of carbonyl (C=O) groups excluding carboxylic acids is 2. The Morgan fingerprint density at radius 1 is 1.16 bits per heavy atom. The molecule has 1 aromatic rings. The van der Waals surface area contributed by atoms with Crippen LogP contribution in [0.5, 0.6) is 5.75 Å². The molecule has 5 N–H and O–H groups in total. The van der Waals surface area contributed by atoms with Crippen LogP contribution in [0.15, 0.2) is 24.3 Å². The van der Waals surface area contributed by atoms with Gasteiger partial charge in [-0.15, -0.1) is 0 Å². The lowest BCUT2D eigenvalue weighted by Gasteiger charge is -2.42. The number of ether oxygens (including phenoxy) is 2. The van der Waals surface area contributed by atoms with E-state index >= 15 is 0 Å². The number of rotatable bonds is 5. The van der Waals surface area contributed by atoms with Crippen molar-refractivity contribution >= 4 is 17.5 Å². The fourth-order valence-electron chi connectivity index (χ4n) is 2.56. The van der Waals surface area contributed by atoms with Gasteiger partial charge in [0.05, 0.1) is 12.3 Å². The lowest BCUT2D eigenvalue weighted by atomic mass is 9.97. The van der Waals surface area contributed by atoms with Crippen molar-refractivity contribution in [3.63, 3.8) is 0 Å². The van der Waals surface area contributed by atoms with Crippen LogP contribution in [-0.4, -0.2) is 64.4 Å². The molecule has 9 heteroatoms. The van der Waals surface area contributed by atoms with Gasteiger partial charge >= 0.3 is 0 Å². The lowest BCUT2D eigenvalue weighted by molar-refractivity contribution is -0.244. The van der Waals surface area contributed by atoms with Gasteiger partial charge in [-0.25, -0.2) is 0 Å². The molecule has 9 nitrogen and oxygen atoms in total. The quantitative estimate of drug-likeness (QED) is 0.456. The highest BCUT2D eigenvalue weighted by Gasteiger charge is 2.46. The normalized spacial score (nSPS) is 28.9. The van der Waals surface area contributed by atoms with E-state index < -0.39 is 43.2 Å². The van der Waals surface area contributed by atoms with Gasteiger partial charge in [0, 0.05) is 13.8 Å². The van der Waals surface area contributed by atoms with Gasteiger partial charge in [0.2, 0.25) is 18.1 Å². The maximum absolute atomic E-state index is 11.4. The minimum absolute atomic E-state index is 0.248. The molecule has 2 rings (SSSR count). The second-order valence-electron chi connectivity index (χ2n) is 5.73. The summed E-state index contributed by atoms with van der Waals surface area (Å²) in [6, 6.07) is 5.49. The van der Waals surface area contributed by atoms with Crippen molar-refractivity contribution in [2.24, 2.45) is 0 Å². The van der Waals surface area contributed by atoms with Crippen LogP contribution in [0.4, 0.5) is 5.69 Å². The third kappa shape index (κ3) is 4.67. The first-order valence-electron chi connectivity index (χ1n) is 7.76. The number of para-hydroxylation sites is 2. The van der Waals surface area contributed by atoms with E-state index in [2.05, 4.69) is 10.6 Å². The van der Waals surface area contributed by atoms with Crippen LogP contribution in [0.25, 0.3) is 0 Å². The third-order valence-corrected chi connectivity index (χ3v) is 3.69. The molecule has 0 spiro atoms. The van der Waals surface area contributed by atoms with Crippen LogP contribution in [0, 0.1) is 0 Å². The Kier molecular flexibility index (Phi) is 6.32. The van der Waals surface area contributed by atoms with E-state index in [9.17, 15) is 24.9 Å². The molecule has 0 aromatic heterocycles. The van der Waals surface area contributed by atoms with Crippen LogP contribution in [0.1, 0.15) is 13.8 Å². The zero-order valence-electron chi connectivity index (χ0n) is 13.9. The van der Waals surface area contributed by atoms with Crippen molar-refractivity contribution in [2.45, 2.75) is 44.5 Å². The summed E-state index contributed by atoms with van der Waals surface area (Å²) in [4.78, 5) is 22.7. The van der Waals surface area contributed by atoms with E-state index in [0.29, 0.717) is 5.69 Å². The summed E-state index contributed by atoms with van der Waals surface area (Å²) in [7, 11) is 0. The van der Waals surface area contributed by atoms with Crippen LogP contribution < -0.4 is 15.4 Å². The number of aliphatic hydroxyl groups is 3. The average molecular weight is 354 g/mol. The third-order valence-electron chi connectivity index (χ3n) is 3.69. The van der Waals surface area contributed by atoms with Crippen molar-refractivity contribution in [1.29, 1.82) is 0 Å². The Morgan fingerprint density at radius 3 is 2.44 bits per heavy atom. The van der Waals surface area contributed by atoms with Gasteiger partial charge < -0.3 is 35.4 Å². The van der Waals surface area contributed by atoms with E-state index in [1.165, 1.54) is 13.8 Å². The number of aliphatic hydroxyl groups excluding tert-OH is 3. The fraction of sp³-hybridized carbons (Fsp3) is 0.500. The summed E-state index contributed by atoms with van der Waals surface area (Å²) < 4.78 is 11.2. The molecule has 25 heavy (non-hydrogen) atoms. The molecular weight excluding hydrogens is 332 g/mol. The first kappa shape index (κ1) is 19.1. The first-order chi connectivity index (χ1) is 11.8. The highest BCUT2D eigenvalue weighted by molar-refractivity contribution is 5.90. The molecule has 1 aromatic carbocycles. The molecule has 1 saturated heterocycles. The van der Waals surface area contributed by atoms with Crippen LogP contribution >= 0.6 is 0 Å². The maximum Gasteiger partial charge on any atom is 0.223 e. The predicted molar refractivity (Wildman–Crippen MR) is 86.7 cm³/mol. The molecule has 5 atom stereocenters. The van der Waals surface area contributed by atoms with E-state index in [-0.39, 0.29) is 11.7 Å². The number of anilines is 1. The second-order valence-corrected chi connectivity index (χ2v) is 5.73. The van der Waals surface area contributed by atoms with Gasteiger partial charge in [-0.2, -0.15) is 0 Å². The van der Waals surface area contributed by atoms with Crippen molar-refractivity contribution in [2.75, 3.05) is 11.9 Å². The number of nitrogens with one attached hydrogen (secondary N) is 2. The van der Waals surface area contributed by atoms with Crippen molar-refractivity contribution in [3.8, 4) is 5.75 Å². The standard InChI is InChI=1S/C16H22N2O7/c1-8(20)17-10-5-3-4-6-11(10)24-16-13(18-9(2)21)15(23)14(22)12(7-19)25-16/h3-6,12-16,19,22-23H,7H2,1-2H3,(H,17,20)(H,18,21)/t12-,13+,14+,15-,16-/m1/s1. The highest BCUT2D eigenvalue weighted by atomic mass is 16.7.